The lowest BCUT2D eigenvalue weighted by molar-refractivity contribution is 0.0730. The molecule has 4 aliphatic heterocycles. The van der Waals surface area contributed by atoms with Crippen LogP contribution in [0.25, 0.3) is 88.1 Å². The van der Waals surface area contributed by atoms with Crippen LogP contribution >= 0.6 is 58.6 Å². The number of nitrogens with zero attached hydrogens (tertiary/aromatic N) is 15. The maximum Gasteiger partial charge on any atom is 0.243 e. The summed E-state index contributed by atoms with van der Waals surface area (Å²) in [4.78, 5) is 16.4. The fraction of sp³-hybridized carbons (Fsp3) is 0.245. The van der Waals surface area contributed by atoms with E-state index in [4.69, 9.17) is 30.5 Å². The SMILES string of the molecule is Cc1cc(C)cc(Sc2nnc(-c3ccc(C)c(S(=O)(=O)N4CCOCC4)c3)c3ccccc23)c1.Cc1cc(C)nc(Sc2nnc(-c3ccc(C)c(S(=O)(=O)N4CCOCC4)c3)c3ccccc23)c1.Cc1cc(Cl)cc(Sc2nnc(-c3ccc(C)c(S(=O)(=O)N4CCOCC4)c3)c3ccccc23)c1.Cc1ccc(-c2nnc(Sc3ncccn3)c3ccccc23)cc1S(=O)(=O)N1CCOCC1. The molecule has 27 nitrogen and oxygen atoms in total. The van der Waals surface area contributed by atoms with Crippen molar-refractivity contribution in [1.82, 2.24) is 73.0 Å². The van der Waals surface area contributed by atoms with Crippen LogP contribution in [0.3, 0.4) is 0 Å². The van der Waals surface area contributed by atoms with Crippen molar-refractivity contribution < 1.29 is 52.6 Å². The van der Waals surface area contributed by atoms with Gasteiger partial charge in [-0.05, 0) is 203 Å². The summed E-state index contributed by atoms with van der Waals surface area (Å²) in [6.45, 7) is 23.5. The predicted octanol–water partition coefficient (Wildman–Crippen LogP) is 19.5. The molecule has 0 amide bonds. The quantitative estimate of drug-likeness (QED) is 0.0640. The van der Waals surface area contributed by atoms with Crippen molar-refractivity contribution in [3.05, 3.63) is 292 Å². The van der Waals surface area contributed by atoms with Gasteiger partial charge in [0.2, 0.25) is 40.1 Å². The molecule has 20 rings (SSSR count). The highest BCUT2D eigenvalue weighted by atomic mass is 35.5. The zero-order chi connectivity index (χ0) is 96.6. The number of rotatable bonds is 20. The second kappa shape index (κ2) is 43.4. The monoisotopic (exact) mass is 2020 g/mol. The summed E-state index contributed by atoms with van der Waals surface area (Å²) in [5.74, 6) is 0. The van der Waals surface area contributed by atoms with Crippen LogP contribution in [0.5, 0.6) is 0 Å². The van der Waals surface area contributed by atoms with E-state index < -0.39 is 40.1 Å². The highest BCUT2D eigenvalue weighted by Crippen LogP contribution is 2.43. The number of halogens is 1. The Morgan fingerprint density at radius 3 is 0.862 bits per heavy atom. The van der Waals surface area contributed by atoms with Gasteiger partial charge in [-0.3, -0.25) is 0 Å². The molecule has 0 radical (unpaired) electrons. The van der Waals surface area contributed by atoms with Gasteiger partial charge in [0.1, 0.15) is 47.9 Å². The number of aryl methyl sites for hydroxylation is 9. The normalized spacial score (nSPS) is 15.0. The molecule has 10 heterocycles. The minimum absolute atomic E-state index is 0.281. The van der Waals surface area contributed by atoms with Gasteiger partial charge >= 0.3 is 0 Å². The molecule has 0 spiro atoms. The van der Waals surface area contributed by atoms with Crippen LogP contribution in [0, 0.1) is 62.3 Å². The Morgan fingerprint density at radius 1 is 0.283 bits per heavy atom. The van der Waals surface area contributed by atoms with E-state index >= 15 is 0 Å². The van der Waals surface area contributed by atoms with Crippen LogP contribution in [0.4, 0.5) is 0 Å². The van der Waals surface area contributed by atoms with Gasteiger partial charge in [-0.25, -0.2) is 48.6 Å². The van der Waals surface area contributed by atoms with Crippen LogP contribution in [0.1, 0.15) is 50.2 Å². The number of ether oxygens (including phenoxy) is 4. The standard InChI is InChI=1S/C27H27N3O3S2.C26H24ClN3O3S2.C26H26N4O3S2.C23H21N5O3S2/c1-18-14-19(2)16-22(15-18)34-27-24-7-5-4-6-23(24)26(28-29-27)21-9-8-20(3)25(17-21)35(31,32)30-10-12-33-13-11-30;1-17-13-20(27)16-21(14-17)34-26-23-6-4-3-5-22(23)25(28-29-26)19-8-7-18(2)24(15-19)35(31,32)30-9-11-33-12-10-30;1-17-14-19(3)27-24(15-17)34-26-22-7-5-4-6-21(22)25(28-29-26)20-9-8-18(2)23(16-20)35(31,32)30-10-12-33-13-11-30;1-16-7-8-17(15-20(16)33(29,30)28-11-13-31-14-12-28)21-18-5-2-3-6-19(18)22(27-26-21)32-23-24-9-4-10-25-23/h4-9,14-17H,10-13H2,1-3H3;3-8,13-16H,9-12H2,1-2H3;4-9,14-16H,10-13H2,1-3H3;2-10,15H,11-14H2,1H3. The van der Waals surface area contributed by atoms with Gasteiger partial charge in [0.25, 0.3) is 0 Å². The lowest BCUT2D eigenvalue weighted by atomic mass is 10.0. The van der Waals surface area contributed by atoms with Gasteiger partial charge in [-0.1, -0.05) is 187 Å². The number of aromatic nitrogens is 11. The summed E-state index contributed by atoms with van der Waals surface area (Å²) < 4.78 is 134. The Bertz CT molecular complexity index is 7170. The van der Waals surface area contributed by atoms with Crippen molar-refractivity contribution in [1.29, 1.82) is 0 Å². The molecule has 36 heteroatoms. The molecule has 4 fully saturated rings. The Morgan fingerprint density at radius 2 is 0.558 bits per heavy atom. The summed E-state index contributed by atoms with van der Waals surface area (Å²) in [7, 11) is -14.6. The minimum Gasteiger partial charge on any atom is -0.379 e. The Hall–Kier alpha value is -11.0. The first-order chi connectivity index (χ1) is 66.5. The van der Waals surface area contributed by atoms with Gasteiger partial charge < -0.3 is 18.9 Å². The molecule has 0 unspecified atom stereocenters. The van der Waals surface area contributed by atoms with Crippen LogP contribution < -0.4 is 0 Å². The average molecular weight is 2020 g/mol. The first-order valence-electron chi connectivity index (χ1n) is 44.6. The first-order valence-corrected chi connectivity index (χ1v) is 54.0. The fourth-order valence-corrected chi connectivity index (χ4v) is 27.5. The zero-order valence-corrected chi connectivity index (χ0v) is 84.4. The van der Waals surface area contributed by atoms with E-state index in [2.05, 4.69) is 93.9 Å². The summed E-state index contributed by atoms with van der Waals surface area (Å²) in [6.07, 6.45) is 3.37. The second-order valence-corrected chi connectivity index (χ2v) is 45.6. The van der Waals surface area contributed by atoms with E-state index in [-0.39, 0.29) is 9.79 Å². The Balaban J connectivity index is 0.000000127. The van der Waals surface area contributed by atoms with Crippen LogP contribution in [0.2, 0.25) is 5.02 Å². The molecule has 4 aliphatic rings. The van der Waals surface area contributed by atoms with Crippen molar-refractivity contribution in [3.8, 4) is 45.0 Å². The van der Waals surface area contributed by atoms with Gasteiger partial charge in [-0.2, -0.15) is 17.2 Å². The highest BCUT2D eigenvalue weighted by Gasteiger charge is 2.34. The highest BCUT2D eigenvalue weighted by molar-refractivity contribution is 8.00. The minimum atomic E-state index is -3.64. The molecule has 10 aromatic carbocycles. The van der Waals surface area contributed by atoms with E-state index in [1.54, 1.807) is 61.4 Å². The van der Waals surface area contributed by atoms with E-state index in [0.717, 1.165) is 95.4 Å². The van der Waals surface area contributed by atoms with Crippen LogP contribution in [0.15, 0.2) is 297 Å². The van der Waals surface area contributed by atoms with Crippen molar-refractivity contribution in [2.24, 2.45) is 0 Å². The number of hydrogen-bond donors (Lipinski definition) is 0. The van der Waals surface area contributed by atoms with Crippen molar-refractivity contribution in [2.45, 2.75) is 122 Å². The lowest BCUT2D eigenvalue weighted by Crippen LogP contribution is -2.40. The lowest BCUT2D eigenvalue weighted by Gasteiger charge is -2.26. The molecule has 0 saturated carbocycles. The molecule has 4 saturated heterocycles. The number of morpholine rings is 4. The Kier molecular flexibility index (Phi) is 31.0. The number of fused-ring (bicyclic) bond motifs is 4. The number of pyridine rings is 1. The average Bonchev–Trinajstić information content (AvgIpc) is 0.770. The molecule has 708 valence electrons. The van der Waals surface area contributed by atoms with E-state index in [0.29, 0.717) is 192 Å². The van der Waals surface area contributed by atoms with Gasteiger partial charge in [0.15, 0.2) is 5.16 Å². The molecule has 6 aromatic heterocycles. The largest absolute Gasteiger partial charge is 0.379 e. The van der Waals surface area contributed by atoms with Gasteiger partial charge in [0.05, 0.1) is 72.4 Å². The maximum absolute atomic E-state index is 13.4. The molecule has 138 heavy (non-hydrogen) atoms. The van der Waals surface area contributed by atoms with Crippen LogP contribution in [-0.4, -0.2) is 212 Å². The van der Waals surface area contributed by atoms with Crippen molar-refractivity contribution in [2.75, 3.05) is 105 Å². The second-order valence-electron chi connectivity index (χ2n) is 33.4. The zero-order valence-electron chi connectivity index (χ0n) is 77.1. The smallest absolute Gasteiger partial charge is 0.243 e. The molecule has 0 bridgehead atoms. The maximum atomic E-state index is 13.4. The van der Waals surface area contributed by atoms with E-state index in [1.807, 2.05) is 211 Å². The molecular formula is C102H98ClN15O12S8. The number of hydrogen-bond acceptors (Lipinski definition) is 27. The van der Waals surface area contributed by atoms with E-state index in [1.165, 1.54) is 63.6 Å². The topological polar surface area (TPSA) is 328 Å². The Labute approximate surface area is 825 Å². The van der Waals surface area contributed by atoms with E-state index in [9.17, 15) is 33.7 Å². The third-order valence-corrected chi connectivity index (χ3v) is 35.6. The summed E-state index contributed by atoms with van der Waals surface area (Å²) in [6, 6.07) is 71.6. The molecular weight excluding hydrogens is 1920 g/mol. The fourth-order valence-electron chi connectivity index (χ4n) is 16.6. The molecule has 0 N–H and O–H groups in total. The van der Waals surface area contributed by atoms with Crippen LogP contribution in [-0.2, 0) is 59.0 Å². The van der Waals surface area contributed by atoms with Gasteiger partial charge in [-0.15, -0.1) is 40.8 Å². The third-order valence-electron chi connectivity index (χ3n) is 23.5. The van der Waals surface area contributed by atoms with Crippen molar-refractivity contribution in [3.63, 3.8) is 0 Å². The first kappa shape index (κ1) is 98.6. The van der Waals surface area contributed by atoms with Gasteiger partial charge in [0, 0.05) is 151 Å². The summed E-state index contributed by atoms with van der Waals surface area (Å²) >= 11 is 12.2. The molecule has 0 aliphatic carbocycles. The molecule has 0 atom stereocenters. The number of sulfonamides is 4. The predicted molar refractivity (Wildman–Crippen MR) is 541 cm³/mol. The summed E-state index contributed by atoms with van der Waals surface area (Å²) in [5, 5.41) is 48.8. The summed E-state index contributed by atoms with van der Waals surface area (Å²) in [5.41, 5.74) is 13.8. The third kappa shape index (κ3) is 22.4. The van der Waals surface area contributed by atoms with Crippen molar-refractivity contribution >= 4 is 142 Å². The number of benzene rings is 10. The molecule has 16 aromatic rings.